The third-order valence-electron chi connectivity index (χ3n) is 2.47. The zero-order valence-corrected chi connectivity index (χ0v) is 12.5. The number of nitrogens with two attached hydrogens (primary N) is 1. The molecule has 0 radical (unpaired) electrons. The van der Waals surface area contributed by atoms with Gasteiger partial charge < -0.3 is 15.8 Å². The summed E-state index contributed by atoms with van der Waals surface area (Å²) in [7, 11) is 1.55. The fraction of sp³-hybridized carbons (Fsp3) is 0.154. The van der Waals surface area contributed by atoms with Crippen LogP contribution in [0.4, 0.5) is 5.82 Å². The average molecular weight is 336 g/mol. The second kappa shape index (κ2) is 6.85. The number of aromatic nitrogens is 3. The van der Waals surface area contributed by atoms with Gasteiger partial charge in [0.2, 0.25) is 5.88 Å². The molecular formula is C13H14BrN5O. The van der Waals surface area contributed by atoms with Crippen molar-refractivity contribution in [1.82, 2.24) is 15.0 Å². The predicted octanol–water partition coefficient (Wildman–Crippen LogP) is 2.14. The van der Waals surface area contributed by atoms with E-state index in [1.165, 1.54) is 6.20 Å². The van der Waals surface area contributed by atoms with E-state index < -0.39 is 0 Å². The number of pyridine rings is 1. The Hall–Kier alpha value is -2.15. The first kappa shape index (κ1) is 14.3. The van der Waals surface area contributed by atoms with Gasteiger partial charge in [-0.25, -0.2) is 4.98 Å². The first-order valence-electron chi connectivity index (χ1n) is 5.86. The molecule has 104 valence electrons. The van der Waals surface area contributed by atoms with Gasteiger partial charge in [0, 0.05) is 31.2 Å². The Kier molecular flexibility index (Phi) is 4.89. The molecule has 7 heteroatoms. The highest BCUT2D eigenvalue weighted by atomic mass is 79.9. The van der Waals surface area contributed by atoms with E-state index in [1.54, 1.807) is 25.6 Å². The summed E-state index contributed by atoms with van der Waals surface area (Å²) in [5, 5.41) is 3.20. The summed E-state index contributed by atoms with van der Waals surface area (Å²) < 4.78 is 5.75. The number of halogens is 1. The highest BCUT2D eigenvalue weighted by molar-refractivity contribution is 9.15. The smallest absolute Gasteiger partial charge is 0.218 e. The normalized spacial score (nSPS) is 11.2. The molecule has 0 aliphatic carbocycles. The summed E-state index contributed by atoms with van der Waals surface area (Å²) in [6, 6.07) is 5.59. The van der Waals surface area contributed by atoms with Gasteiger partial charge in [0.1, 0.15) is 5.82 Å². The number of rotatable bonds is 5. The van der Waals surface area contributed by atoms with E-state index >= 15 is 0 Å². The SMILES string of the molecule is COc1cc(NCc2cccnc2)nc(C(Br)=CN)n1. The molecule has 2 rings (SSSR count). The van der Waals surface area contributed by atoms with Crippen molar-refractivity contribution >= 4 is 26.2 Å². The summed E-state index contributed by atoms with van der Waals surface area (Å²) in [5.41, 5.74) is 6.51. The zero-order chi connectivity index (χ0) is 14.4. The molecule has 2 heterocycles. The van der Waals surface area contributed by atoms with Crippen molar-refractivity contribution in [3.05, 3.63) is 48.2 Å². The molecule has 3 N–H and O–H groups in total. The first-order chi connectivity index (χ1) is 9.72. The monoisotopic (exact) mass is 335 g/mol. The Morgan fingerprint density at radius 2 is 2.35 bits per heavy atom. The highest BCUT2D eigenvalue weighted by Crippen LogP contribution is 2.21. The maximum absolute atomic E-state index is 5.45. The van der Waals surface area contributed by atoms with Gasteiger partial charge in [0.15, 0.2) is 5.82 Å². The first-order valence-corrected chi connectivity index (χ1v) is 6.66. The van der Waals surface area contributed by atoms with Crippen LogP contribution >= 0.6 is 15.9 Å². The van der Waals surface area contributed by atoms with Crippen LogP contribution in [0.3, 0.4) is 0 Å². The molecule has 20 heavy (non-hydrogen) atoms. The molecule has 0 atom stereocenters. The minimum atomic E-state index is 0.459. The molecule has 0 unspecified atom stereocenters. The van der Waals surface area contributed by atoms with Crippen LogP contribution in [0.15, 0.2) is 36.8 Å². The molecule has 0 bridgehead atoms. The van der Waals surface area contributed by atoms with Crippen LogP contribution in [0, 0.1) is 0 Å². The maximum Gasteiger partial charge on any atom is 0.218 e. The molecule has 0 spiro atoms. The van der Waals surface area contributed by atoms with Gasteiger partial charge in [0.25, 0.3) is 0 Å². The quantitative estimate of drug-likeness (QED) is 0.870. The lowest BCUT2D eigenvalue weighted by Crippen LogP contribution is -2.05. The summed E-state index contributed by atoms with van der Waals surface area (Å²) in [6.07, 6.45) is 4.92. The molecule has 0 fully saturated rings. The number of hydrogen-bond acceptors (Lipinski definition) is 6. The Balaban J connectivity index is 2.18. The summed E-state index contributed by atoms with van der Waals surface area (Å²) in [5.74, 6) is 1.57. The van der Waals surface area contributed by atoms with Crippen LogP contribution < -0.4 is 15.8 Å². The molecule has 2 aromatic heterocycles. The van der Waals surface area contributed by atoms with E-state index in [-0.39, 0.29) is 0 Å². The molecule has 0 aliphatic rings. The topological polar surface area (TPSA) is 86.0 Å². The number of hydrogen-bond donors (Lipinski definition) is 2. The van der Waals surface area contributed by atoms with Gasteiger partial charge in [-0.1, -0.05) is 6.07 Å². The Labute approximate surface area is 125 Å². The highest BCUT2D eigenvalue weighted by Gasteiger charge is 2.07. The lowest BCUT2D eigenvalue weighted by atomic mass is 10.3. The van der Waals surface area contributed by atoms with Gasteiger partial charge in [-0.15, -0.1) is 0 Å². The van der Waals surface area contributed by atoms with E-state index in [9.17, 15) is 0 Å². The van der Waals surface area contributed by atoms with Crippen LogP contribution in [-0.2, 0) is 6.54 Å². The van der Waals surface area contributed by atoms with Crippen molar-refractivity contribution < 1.29 is 4.74 Å². The Morgan fingerprint density at radius 3 is 3.00 bits per heavy atom. The van der Waals surface area contributed by atoms with Crippen LogP contribution in [0.25, 0.3) is 4.48 Å². The van der Waals surface area contributed by atoms with E-state index in [2.05, 4.69) is 36.2 Å². The molecule has 2 aromatic rings. The van der Waals surface area contributed by atoms with E-state index in [0.717, 1.165) is 5.56 Å². The lowest BCUT2D eigenvalue weighted by Gasteiger charge is -2.09. The standard InChI is InChI=1S/C13H14BrN5O/c1-20-12-5-11(18-13(19-12)10(14)6-15)17-8-9-3-2-4-16-7-9/h2-7H,8,15H2,1H3,(H,17,18,19). The summed E-state index contributed by atoms with van der Waals surface area (Å²) >= 11 is 3.30. The summed E-state index contributed by atoms with van der Waals surface area (Å²) in [6.45, 7) is 0.609. The maximum atomic E-state index is 5.45. The van der Waals surface area contributed by atoms with Crippen molar-refractivity contribution in [2.75, 3.05) is 12.4 Å². The third kappa shape index (κ3) is 3.67. The number of ether oxygens (including phenoxy) is 1. The van der Waals surface area contributed by atoms with Crippen molar-refractivity contribution in [3.8, 4) is 5.88 Å². The molecule has 0 saturated carbocycles. The van der Waals surface area contributed by atoms with Crippen LogP contribution in [0.2, 0.25) is 0 Å². The van der Waals surface area contributed by atoms with E-state index in [1.807, 2.05) is 12.1 Å². The molecular weight excluding hydrogens is 322 g/mol. The second-order valence-electron chi connectivity index (χ2n) is 3.85. The number of methoxy groups -OCH3 is 1. The van der Waals surface area contributed by atoms with Crippen LogP contribution in [-0.4, -0.2) is 22.1 Å². The van der Waals surface area contributed by atoms with E-state index in [0.29, 0.717) is 28.5 Å². The average Bonchev–Trinajstić information content (AvgIpc) is 2.52. The molecule has 0 aliphatic heterocycles. The minimum absolute atomic E-state index is 0.459. The fourth-order valence-corrected chi connectivity index (χ4v) is 1.67. The Bertz CT molecular complexity index is 603. The Morgan fingerprint density at radius 1 is 1.50 bits per heavy atom. The van der Waals surface area contributed by atoms with Gasteiger partial charge >= 0.3 is 0 Å². The minimum Gasteiger partial charge on any atom is -0.481 e. The van der Waals surface area contributed by atoms with Crippen molar-refractivity contribution in [1.29, 1.82) is 0 Å². The third-order valence-corrected chi connectivity index (χ3v) is 3.09. The number of nitrogens with zero attached hydrogens (tertiary/aromatic N) is 3. The van der Waals surface area contributed by atoms with E-state index in [4.69, 9.17) is 10.5 Å². The molecule has 0 aromatic carbocycles. The van der Waals surface area contributed by atoms with Crippen molar-refractivity contribution in [2.45, 2.75) is 6.54 Å². The van der Waals surface area contributed by atoms with Crippen LogP contribution in [0.5, 0.6) is 5.88 Å². The predicted molar refractivity (Wildman–Crippen MR) is 81.2 cm³/mol. The van der Waals surface area contributed by atoms with Gasteiger partial charge in [-0.05, 0) is 27.6 Å². The van der Waals surface area contributed by atoms with Gasteiger partial charge in [-0.3, -0.25) is 4.98 Å². The fourth-order valence-electron chi connectivity index (χ4n) is 1.50. The largest absolute Gasteiger partial charge is 0.481 e. The molecule has 6 nitrogen and oxygen atoms in total. The number of nitrogens with one attached hydrogen (secondary N) is 1. The van der Waals surface area contributed by atoms with Gasteiger partial charge in [-0.2, -0.15) is 4.98 Å². The summed E-state index contributed by atoms with van der Waals surface area (Å²) in [4.78, 5) is 12.6. The van der Waals surface area contributed by atoms with Crippen LogP contribution in [0.1, 0.15) is 11.4 Å². The van der Waals surface area contributed by atoms with Crippen molar-refractivity contribution in [3.63, 3.8) is 0 Å². The number of anilines is 1. The zero-order valence-electron chi connectivity index (χ0n) is 10.9. The van der Waals surface area contributed by atoms with Crippen molar-refractivity contribution in [2.24, 2.45) is 5.73 Å². The van der Waals surface area contributed by atoms with Gasteiger partial charge in [0.05, 0.1) is 11.6 Å². The molecule has 0 saturated heterocycles. The lowest BCUT2D eigenvalue weighted by molar-refractivity contribution is 0.396. The second-order valence-corrected chi connectivity index (χ2v) is 4.70. The molecule has 0 amide bonds.